The Morgan fingerprint density at radius 2 is 1.68 bits per heavy atom. The highest BCUT2D eigenvalue weighted by Gasteiger charge is 2.11. The monoisotopic (exact) mass is 468 g/mol. The number of anilines is 4. The summed E-state index contributed by atoms with van der Waals surface area (Å²) in [6, 6.07) is 24.6. The second kappa shape index (κ2) is 8.88. The molecule has 0 amide bonds. The Balaban J connectivity index is 1.49. The number of hydrogen-bond acceptors (Lipinski definition) is 7. The molecule has 5 N–H and O–H groups in total. The Hall–Kier alpha value is -4.36. The fraction of sp³-hybridized carbons (Fsp3) is 0.0385. The third kappa shape index (κ3) is 4.29. The third-order valence-corrected chi connectivity index (χ3v) is 5.59. The van der Waals surface area contributed by atoms with Crippen LogP contribution in [0.4, 0.5) is 23.1 Å². The summed E-state index contributed by atoms with van der Waals surface area (Å²) >= 11 is 6.14. The Morgan fingerprint density at radius 1 is 0.824 bits per heavy atom. The van der Waals surface area contributed by atoms with Crippen LogP contribution < -0.4 is 21.5 Å². The number of nitrogens with one attached hydrogen (secondary N) is 1. The van der Waals surface area contributed by atoms with Crippen LogP contribution in [0.15, 0.2) is 78.9 Å². The van der Waals surface area contributed by atoms with Gasteiger partial charge in [-0.2, -0.15) is 4.98 Å². The lowest BCUT2D eigenvalue weighted by Gasteiger charge is -2.12. The van der Waals surface area contributed by atoms with Gasteiger partial charge in [0.1, 0.15) is 11.6 Å². The molecule has 3 aromatic carbocycles. The van der Waals surface area contributed by atoms with Crippen LogP contribution >= 0.6 is 11.6 Å². The Bertz CT molecular complexity index is 1520. The number of pyridine rings is 1. The Morgan fingerprint density at radius 3 is 2.50 bits per heavy atom. The quantitative estimate of drug-likeness (QED) is 0.293. The minimum atomic E-state index is 0.152. The van der Waals surface area contributed by atoms with Crippen molar-refractivity contribution >= 4 is 45.6 Å². The molecule has 0 saturated carbocycles. The van der Waals surface area contributed by atoms with E-state index in [0.717, 1.165) is 33.4 Å². The van der Waals surface area contributed by atoms with Crippen molar-refractivity contribution in [2.75, 3.05) is 23.9 Å². The number of nitrogens with two attached hydrogens (primary N) is 2. The van der Waals surface area contributed by atoms with Crippen molar-refractivity contribution in [2.24, 2.45) is 0 Å². The van der Waals surface area contributed by atoms with Gasteiger partial charge in [0.25, 0.3) is 0 Å². The maximum atomic E-state index is 6.39. The molecule has 0 aliphatic carbocycles. The van der Waals surface area contributed by atoms with Crippen LogP contribution in [-0.4, -0.2) is 22.1 Å². The van der Waals surface area contributed by atoms with Crippen LogP contribution in [0.3, 0.4) is 0 Å². The van der Waals surface area contributed by atoms with Crippen LogP contribution in [-0.2, 0) is 0 Å². The van der Waals surface area contributed by atoms with Gasteiger partial charge in [-0.15, -0.1) is 0 Å². The number of benzene rings is 3. The van der Waals surface area contributed by atoms with Crippen LogP contribution in [0, 0.1) is 0 Å². The Kier molecular flexibility index (Phi) is 5.61. The zero-order valence-electron chi connectivity index (χ0n) is 18.3. The number of ether oxygens (including phenoxy) is 1. The van der Waals surface area contributed by atoms with Crippen molar-refractivity contribution in [1.29, 1.82) is 0 Å². The lowest BCUT2D eigenvalue weighted by atomic mass is 10.1. The summed E-state index contributed by atoms with van der Waals surface area (Å²) in [5.74, 6) is 1.40. The molecule has 5 aromatic rings. The van der Waals surface area contributed by atoms with Crippen molar-refractivity contribution in [3.05, 3.63) is 83.9 Å². The highest BCUT2D eigenvalue weighted by atomic mass is 35.5. The molecular formula is C26H21ClN6O. The number of halogens is 1. The van der Waals surface area contributed by atoms with Crippen molar-refractivity contribution in [1.82, 2.24) is 15.0 Å². The maximum absolute atomic E-state index is 6.39. The van der Waals surface area contributed by atoms with E-state index >= 15 is 0 Å². The molecule has 0 fully saturated rings. The number of methoxy groups -OCH3 is 1. The molecular weight excluding hydrogens is 448 g/mol. The summed E-state index contributed by atoms with van der Waals surface area (Å²) < 4.78 is 5.46. The topological polar surface area (TPSA) is 112 Å². The molecule has 0 aliphatic heterocycles. The summed E-state index contributed by atoms with van der Waals surface area (Å²) in [4.78, 5) is 13.5. The molecule has 7 nitrogen and oxygen atoms in total. The van der Waals surface area contributed by atoms with Crippen LogP contribution in [0.2, 0.25) is 5.02 Å². The van der Waals surface area contributed by atoms with Gasteiger partial charge in [0, 0.05) is 39.0 Å². The summed E-state index contributed by atoms with van der Waals surface area (Å²) in [5, 5.41) is 4.76. The third-order valence-electron chi connectivity index (χ3n) is 5.36. The SMILES string of the molecule is COc1ccccc1-c1cc(Nc2ccc3nc(-c4cccc(Cl)c4)cc(N)c3c2)nc(N)n1. The van der Waals surface area contributed by atoms with E-state index in [-0.39, 0.29) is 5.95 Å². The van der Waals surface area contributed by atoms with E-state index in [1.54, 1.807) is 7.11 Å². The summed E-state index contributed by atoms with van der Waals surface area (Å²) in [6.45, 7) is 0. The van der Waals surface area contributed by atoms with Crippen LogP contribution in [0.1, 0.15) is 0 Å². The zero-order chi connectivity index (χ0) is 23.7. The first kappa shape index (κ1) is 21.5. The first-order chi connectivity index (χ1) is 16.5. The van der Waals surface area contributed by atoms with Gasteiger partial charge in [-0.25, -0.2) is 9.97 Å². The minimum Gasteiger partial charge on any atom is -0.496 e. The van der Waals surface area contributed by atoms with Gasteiger partial charge in [0.2, 0.25) is 5.95 Å². The van der Waals surface area contributed by atoms with Crippen molar-refractivity contribution in [3.63, 3.8) is 0 Å². The lowest BCUT2D eigenvalue weighted by molar-refractivity contribution is 0.416. The number of para-hydroxylation sites is 1. The number of fused-ring (bicyclic) bond motifs is 1. The van der Waals surface area contributed by atoms with E-state index in [0.29, 0.717) is 28.0 Å². The molecule has 0 aliphatic rings. The van der Waals surface area contributed by atoms with Gasteiger partial charge in [-0.1, -0.05) is 35.9 Å². The van der Waals surface area contributed by atoms with E-state index < -0.39 is 0 Å². The van der Waals surface area contributed by atoms with Crippen LogP contribution in [0.25, 0.3) is 33.4 Å². The molecule has 2 aromatic heterocycles. The molecule has 0 unspecified atom stereocenters. The van der Waals surface area contributed by atoms with Gasteiger partial charge in [0.15, 0.2) is 0 Å². The molecule has 2 heterocycles. The molecule has 168 valence electrons. The van der Waals surface area contributed by atoms with E-state index in [1.807, 2.05) is 78.9 Å². The smallest absolute Gasteiger partial charge is 0.222 e. The molecule has 0 atom stereocenters. The second-order valence-corrected chi connectivity index (χ2v) is 8.10. The molecule has 5 rings (SSSR count). The summed E-state index contributed by atoms with van der Waals surface area (Å²) in [6.07, 6.45) is 0. The standard InChI is InChI=1S/C26H21ClN6O/c1-34-24-8-3-2-7-18(24)23-14-25(33-26(29)32-23)30-17-9-10-21-19(12-17)20(28)13-22(31-21)15-5-4-6-16(27)11-15/h2-14H,1H3,(H2,28,31)(H3,29,30,32,33). The number of hydrogen-bond donors (Lipinski definition) is 3. The predicted octanol–water partition coefficient (Wildman–Crippen LogP) is 5.93. The van der Waals surface area contributed by atoms with E-state index in [2.05, 4.69) is 15.3 Å². The average Bonchev–Trinajstić information content (AvgIpc) is 2.84. The van der Waals surface area contributed by atoms with Gasteiger partial charge in [0.05, 0.1) is 24.0 Å². The second-order valence-electron chi connectivity index (χ2n) is 7.66. The first-order valence-corrected chi connectivity index (χ1v) is 10.9. The summed E-state index contributed by atoms with van der Waals surface area (Å²) in [7, 11) is 1.62. The Labute approximate surface area is 201 Å². The zero-order valence-corrected chi connectivity index (χ0v) is 19.0. The van der Waals surface area contributed by atoms with E-state index in [4.69, 9.17) is 32.8 Å². The molecule has 0 radical (unpaired) electrons. The predicted molar refractivity (Wildman–Crippen MR) is 138 cm³/mol. The van der Waals surface area contributed by atoms with E-state index in [1.165, 1.54) is 0 Å². The lowest BCUT2D eigenvalue weighted by Crippen LogP contribution is -2.02. The van der Waals surface area contributed by atoms with Gasteiger partial charge >= 0.3 is 0 Å². The average molecular weight is 469 g/mol. The number of nitrogens with zero attached hydrogens (tertiary/aromatic N) is 3. The molecule has 0 spiro atoms. The molecule has 0 bridgehead atoms. The van der Waals surface area contributed by atoms with Crippen LogP contribution in [0.5, 0.6) is 5.75 Å². The number of rotatable bonds is 5. The molecule has 0 saturated heterocycles. The highest BCUT2D eigenvalue weighted by Crippen LogP contribution is 2.32. The van der Waals surface area contributed by atoms with Gasteiger partial charge in [-0.3, -0.25) is 0 Å². The van der Waals surface area contributed by atoms with Gasteiger partial charge in [-0.05, 0) is 48.5 Å². The fourth-order valence-electron chi connectivity index (χ4n) is 3.80. The minimum absolute atomic E-state index is 0.152. The molecule has 34 heavy (non-hydrogen) atoms. The maximum Gasteiger partial charge on any atom is 0.222 e. The molecule has 8 heteroatoms. The number of aromatic nitrogens is 3. The normalized spacial score (nSPS) is 10.9. The number of nitrogen functional groups attached to an aromatic ring is 2. The largest absolute Gasteiger partial charge is 0.496 e. The fourth-order valence-corrected chi connectivity index (χ4v) is 3.99. The van der Waals surface area contributed by atoms with Crippen molar-refractivity contribution in [2.45, 2.75) is 0 Å². The summed E-state index contributed by atoms with van der Waals surface area (Å²) in [5.41, 5.74) is 17.7. The van der Waals surface area contributed by atoms with Crippen molar-refractivity contribution < 1.29 is 4.74 Å². The highest BCUT2D eigenvalue weighted by molar-refractivity contribution is 6.30. The first-order valence-electron chi connectivity index (χ1n) is 10.5. The van der Waals surface area contributed by atoms with E-state index in [9.17, 15) is 0 Å². The van der Waals surface area contributed by atoms with Crippen molar-refractivity contribution in [3.8, 4) is 28.3 Å². The van der Waals surface area contributed by atoms with Gasteiger partial charge < -0.3 is 21.5 Å².